The number of imide groups is 1. The summed E-state index contributed by atoms with van der Waals surface area (Å²) in [5.74, 6) is -1.25. The van der Waals surface area contributed by atoms with Crippen molar-refractivity contribution in [2.45, 2.75) is 25.3 Å². The number of rotatable bonds is 3. The van der Waals surface area contributed by atoms with Crippen molar-refractivity contribution in [2.75, 3.05) is 7.11 Å². The van der Waals surface area contributed by atoms with E-state index in [1.807, 2.05) is 0 Å². The van der Waals surface area contributed by atoms with Gasteiger partial charge in [0.1, 0.15) is 0 Å². The van der Waals surface area contributed by atoms with Crippen molar-refractivity contribution in [3.63, 3.8) is 0 Å². The molecule has 0 bridgehead atoms. The lowest BCUT2D eigenvalue weighted by Crippen LogP contribution is -2.45. The van der Waals surface area contributed by atoms with Crippen molar-refractivity contribution >= 4 is 17.8 Å². The van der Waals surface area contributed by atoms with Crippen LogP contribution in [0.15, 0.2) is 30.3 Å². The summed E-state index contributed by atoms with van der Waals surface area (Å²) in [4.78, 5) is 36.8. The summed E-state index contributed by atoms with van der Waals surface area (Å²) < 4.78 is 4.73. The minimum Gasteiger partial charge on any atom is -0.467 e. The Kier molecular flexibility index (Phi) is 3.94. The Balaban J connectivity index is 2.40. The molecule has 100 valence electrons. The summed E-state index contributed by atoms with van der Waals surface area (Å²) in [5.41, 5.74) is 0.581. The molecule has 0 spiro atoms. The predicted octanol–water partition coefficient (Wildman–Crippen LogP) is 1.44. The Hall–Kier alpha value is -2.17. The summed E-state index contributed by atoms with van der Waals surface area (Å²) in [6.07, 6.45) is 1.11. The van der Waals surface area contributed by atoms with Gasteiger partial charge in [-0.25, -0.2) is 4.79 Å². The zero-order valence-electron chi connectivity index (χ0n) is 10.7. The van der Waals surface area contributed by atoms with Gasteiger partial charge in [0.25, 0.3) is 0 Å². The monoisotopic (exact) mass is 261 g/mol. The summed E-state index contributed by atoms with van der Waals surface area (Å²) in [5, 5.41) is 0. The molecule has 1 aliphatic rings. The first-order chi connectivity index (χ1) is 9.15. The van der Waals surface area contributed by atoms with Crippen LogP contribution in [0.2, 0.25) is 0 Å². The van der Waals surface area contributed by atoms with Gasteiger partial charge in [-0.3, -0.25) is 14.5 Å². The van der Waals surface area contributed by atoms with E-state index in [9.17, 15) is 14.4 Å². The predicted molar refractivity (Wildman–Crippen MR) is 66.9 cm³/mol. The number of hydrogen-bond acceptors (Lipinski definition) is 4. The molecule has 1 saturated heterocycles. The first-order valence-electron chi connectivity index (χ1n) is 6.13. The first-order valence-corrected chi connectivity index (χ1v) is 6.13. The largest absolute Gasteiger partial charge is 0.467 e. The zero-order chi connectivity index (χ0) is 13.8. The van der Waals surface area contributed by atoms with E-state index in [1.54, 1.807) is 30.3 Å². The number of hydrogen-bond donors (Lipinski definition) is 0. The van der Waals surface area contributed by atoms with Crippen LogP contribution in [-0.2, 0) is 19.1 Å². The van der Waals surface area contributed by atoms with Crippen molar-refractivity contribution < 1.29 is 19.1 Å². The van der Waals surface area contributed by atoms with E-state index in [0.717, 1.165) is 4.90 Å². The average molecular weight is 261 g/mol. The number of carbonyl (C=O) groups excluding carboxylic acids is 3. The molecule has 19 heavy (non-hydrogen) atoms. The van der Waals surface area contributed by atoms with E-state index in [4.69, 9.17) is 4.74 Å². The molecule has 1 aliphatic heterocycles. The number of piperidine rings is 1. The molecule has 1 atom stereocenters. The van der Waals surface area contributed by atoms with Gasteiger partial charge in [-0.1, -0.05) is 30.3 Å². The van der Waals surface area contributed by atoms with Gasteiger partial charge in [0.15, 0.2) is 6.04 Å². The lowest BCUT2D eigenvalue weighted by atomic mass is 10.0. The van der Waals surface area contributed by atoms with Gasteiger partial charge >= 0.3 is 5.97 Å². The number of likely N-dealkylation sites (tertiary alicyclic amines) is 1. The standard InChI is InChI=1S/C14H15NO4/c1-19-14(18)13(10-6-3-2-4-7-10)15-11(16)8-5-9-12(15)17/h2-4,6-7,13H,5,8-9H2,1H3/t13-/m1/s1. The van der Waals surface area contributed by atoms with Crippen LogP contribution >= 0.6 is 0 Å². The van der Waals surface area contributed by atoms with Crippen LogP contribution in [0.5, 0.6) is 0 Å². The Bertz CT molecular complexity index is 481. The number of benzene rings is 1. The molecule has 0 radical (unpaired) electrons. The highest BCUT2D eigenvalue weighted by Crippen LogP contribution is 2.27. The maximum absolute atomic E-state index is 11.9. The van der Waals surface area contributed by atoms with E-state index in [1.165, 1.54) is 7.11 Å². The fourth-order valence-electron chi connectivity index (χ4n) is 2.20. The van der Waals surface area contributed by atoms with Crippen LogP contribution in [-0.4, -0.2) is 29.8 Å². The third-order valence-corrected chi connectivity index (χ3v) is 3.12. The maximum Gasteiger partial charge on any atom is 0.333 e. The molecule has 1 aromatic carbocycles. The molecule has 2 rings (SSSR count). The highest BCUT2D eigenvalue weighted by molar-refractivity contribution is 6.01. The molecule has 2 amide bonds. The molecule has 0 saturated carbocycles. The molecule has 0 aromatic heterocycles. The Morgan fingerprint density at radius 3 is 2.26 bits per heavy atom. The van der Waals surface area contributed by atoms with Crippen LogP contribution in [0.4, 0.5) is 0 Å². The van der Waals surface area contributed by atoms with E-state index < -0.39 is 12.0 Å². The van der Waals surface area contributed by atoms with Crippen LogP contribution < -0.4 is 0 Å². The second-order valence-electron chi connectivity index (χ2n) is 4.35. The smallest absolute Gasteiger partial charge is 0.333 e. The number of amides is 2. The molecule has 5 heteroatoms. The van der Waals surface area contributed by atoms with Crippen molar-refractivity contribution in [3.05, 3.63) is 35.9 Å². The van der Waals surface area contributed by atoms with Gasteiger partial charge in [-0.15, -0.1) is 0 Å². The molecule has 0 unspecified atom stereocenters. The zero-order valence-corrected chi connectivity index (χ0v) is 10.7. The number of nitrogens with zero attached hydrogens (tertiary/aromatic N) is 1. The third-order valence-electron chi connectivity index (χ3n) is 3.12. The minimum absolute atomic E-state index is 0.284. The normalized spacial score (nSPS) is 17.2. The molecular weight excluding hydrogens is 246 g/mol. The quantitative estimate of drug-likeness (QED) is 0.610. The number of carbonyl (C=O) groups is 3. The number of methoxy groups -OCH3 is 1. The highest BCUT2D eigenvalue weighted by atomic mass is 16.5. The van der Waals surface area contributed by atoms with Gasteiger partial charge in [-0.2, -0.15) is 0 Å². The van der Waals surface area contributed by atoms with Crippen LogP contribution in [0, 0.1) is 0 Å². The topological polar surface area (TPSA) is 63.7 Å². The lowest BCUT2D eigenvalue weighted by Gasteiger charge is -2.31. The van der Waals surface area contributed by atoms with Gasteiger partial charge < -0.3 is 4.74 Å². The van der Waals surface area contributed by atoms with Crippen molar-refractivity contribution in [1.29, 1.82) is 0 Å². The SMILES string of the molecule is COC(=O)[C@@H](c1ccccc1)N1C(=O)CCCC1=O. The van der Waals surface area contributed by atoms with Crippen molar-refractivity contribution in [1.82, 2.24) is 4.90 Å². The lowest BCUT2D eigenvalue weighted by molar-refractivity contribution is -0.162. The summed E-state index contributed by atoms with van der Waals surface area (Å²) in [6.45, 7) is 0. The average Bonchev–Trinajstić information content (AvgIpc) is 2.43. The highest BCUT2D eigenvalue weighted by Gasteiger charge is 2.38. The Morgan fingerprint density at radius 1 is 1.16 bits per heavy atom. The fraction of sp³-hybridized carbons (Fsp3) is 0.357. The van der Waals surface area contributed by atoms with Gasteiger partial charge in [-0.05, 0) is 12.0 Å². The third kappa shape index (κ3) is 2.65. The van der Waals surface area contributed by atoms with Crippen LogP contribution in [0.1, 0.15) is 30.9 Å². The molecule has 1 heterocycles. The van der Waals surface area contributed by atoms with Crippen LogP contribution in [0.25, 0.3) is 0 Å². The second-order valence-corrected chi connectivity index (χ2v) is 4.35. The minimum atomic E-state index is -0.980. The second kappa shape index (κ2) is 5.65. The van der Waals surface area contributed by atoms with Gasteiger partial charge in [0.2, 0.25) is 11.8 Å². The maximum atomic E-state index is 11.9. The van der Waals surface area contributed by atoms with Crippen molar-refractivity contribution in [3.8, 4) is 0 Å². The molecule has 1 aromatic rings. The Morgan fingerprint density at radius 2 is 1.74 bits per heavy atom. The van der Waals surface area contributed by atoms with E-state index in [0.29, 0.717) is 12.0 Å². The fourth-order valence-corrected chi connectivity index (χ4v) is 2.20. The van der Waals surface area contributed by atoms with Gasteiger partial charge in [0, 0.05) is 12.8 Å². The Labute approximate surface area is 111 Å². The van der Waals surface area contributed by atoms with E-state index in [-0.39, 0.29) is 24.7 Å². The number of esters is 1. The molecule has 1 fully saturated rings. The van der Waals surface area contributed by atoms with Gasteiger partial charge in [0.05, 0.1) is 7.11 Å². The number of ether oxygens (including phenoxy) is 1. The summed E-state index contributed by atoms with van der Waals surface area (Å²) in [7, 11) is 1.25. The molecular formula is C14H15NO4. The van der Waals surface area contributed by atoms with Crippen molar-refractivity contribution in [2.24, 2.45) is 0 Å². The van der Waals surface area contributed by atoms with E-state index >= 15 is 0 Å². The molecule has 0 N–H and O–H groups in total. The molecule has 0 aliphatic carbocycles. The van der Waals surface area contributed by atoms with Crippen LogP contribution in [0.3, 0.4) is 0 Å². The summed E-state index contributed by atoms with van der Waals surface area (Å²) in [6, 6.07) is 7.74. The first kappa shape index (κ1) is 13.3. The van der Waals surface area contributed by atoms with E-state index in [2.05, 4.69) is 0 Å². The summed E-state index contributed by atoms with van der Waals surface area (Å²) >= 11 is 0. The molecule has 5 nitrogen and oxygen atoms in total.